The number of hydrogen-bond donors (Lipinski definition) is 1. The number of rotatable bonds is 4. The molecule has 0 saturated carbocycles. The first kappa shape index (κ1) is 12.2. The SMILES string of the molecule is CCC(/C=C/C(N)=O)=C\c1ccc(F)cc1. The molecular weight excluding hydrogens is 205 g/mol. The number of allylic oxidation sites excluding steroid dienone is 2. The van der Waals surface area contributed by atoms with Gasteiger partial charge in [0.2, 0.25) is 5.91 Å². The Labute approximate surface area is 94.3 Å². The van der Waals surface area contributed by atoms with Crippen molar-refractivity contribution in [2.45, 2.75) is 13.3 Å². The van der Waals surface area contributed by atoms with Crippen LogP contribution in [-0.4, -0.2) is 5.91 Å². The normalized spacial score (nSPS) is 12.0. The van der Waals surface area contributed by atoms with Crippen molar-refractivity contribution in [3.8, 4) is 0 Å². The van der Waals surface area contributed by atoms with Crippen LogP contribution in [0.15, 0.2) is 42.0 Å². The van der Waals surface area contributed by atoms with Crippen LogP contribution < -0.4 is 5.73 Å². The number of nitrogens with two attached hydrogens (primary N) is 1. The molecule has 0 fully saturated rings. The van der Waals surface area contributed by atoms with E-state index in [4.69, 9.17) is 5.73 Å². The fourth-order valence-electron chi connectivity index (χ4n) is 1.23. The van der Waals surface area contributed by atoms with E-state index in [1.54, 1.807) is 18.2 Å². The minimum absolute atomic E-state index is 0.261. The molecule has 0 aliphatic heterocycles. The molecule has 2 N–H and O–H groups in total. The van der Waals surface area contributed by atoms with E-state index in [9.17, 15) is 9.18 Å². The van der Waals surface area contributed by atoms with Gasteiger partial charge in [-0.2, -0.15) is 0 Å². The summed E-state index contributed by atoms with van der Waals surface area (Å²) in [5, 5.41) is 0. The molecule has 0 atom stereocenters. The molecule has 0 aromatic heterocycles. The Morgan fingerprint density at radius 1 is 1.31 bits per heavy atom. The van der Waals surface area contributed by atoms with Gasteiger partial charge in [-0.05, 0) is 29.7 Å². The molecule has 16 heavy (non-hydrogen) atoms. The first-order valence-electron chi connectivity index (χ1n) is 5.05. The Morgan fingerprint density at radius 2 is 1.94 bits per heavy atom. The van der Waals surface area contributed by atoms with Gasteiger partial charge in [-0.25, -0.2) is 4.39 Å². The van der Waals surface area contributed by atoms with E-state index in [0.717, 1.165) is 17.6 Å². The van der Waals surface area contributed by atoms with E-state index < -0.39 is 5.91 Å². The maximum absolute atomic E-state index is 12.7. The second-order valence-corrected chi connectivity index (χ2v) is 3.36. The Hall–Kier alpha value is -1.90. The second kappa shape index (κ2) is 5.85. The average Bonchev–Trinajstić information content (AvgIpc) is 2.26. The largest absolute Gasteiger partial charge is 0.366 e. The smallest absolute Gasteiger partial charge is 0.241 e. The minimum Gasteiger partial charge on any atom is -0.366 e. The monoisotopic (exact) mass is 219 g/mol. The summed E-state index contributed by atoms with van der Waals surface area (Å²) in [4.78, 5) is 10.6. The van der Waals surface area contributed by atoms with Gasteiger partial charge in [0, 0.05) is 6.08 Å². The van der Waals surface area contributed by atoms with Gasteiger partial charge in [-0.3, -0.25) is 4.79 Å². The summed E-state index contributed by atoms with van der Waals surface area (Å²) in [7, 11) is 0. The maximum atomic E-state index is 12.7. The number of carbonyl (C=O) groups is 1. The van der Waals surface area contributed by atoms with Gasteiger partial charge in [0.05, 0.1) is 0 Å². The first-order valence-corrected chi connectivity index (χ1v) is 5.05. The van der Waals surface area contributed by atoms with Crippen molar-refractivity contribution in [2.75, 3.05) is 0 Å². The van der Waals surface area contributed by atoms with E-state index in [0.29, 0.717) is 0 Å². The second-order valence-electron chi connectivity index (χ2n) is 3.36. The van der Waals surface area contributed by atoms with Crippen LogP contribution in [0.1, 0.15) is 18.9 Å². The molecule has 0 spiro atoms. The number of amides is 1. The molecular formula is C13H14FNO. The highest BCUT2D eigenvalue weighted by molar-refractivity contribution is 5.86. The molecule has 3 heteroatoms. The van der Waals surface area contributed by atoms with Crippen LogP contribution in [0.4, 0.5) is 4.39 Å². The third kappa shape index (κ3) is 4.09. The van der Waals surface area contributed by atoms with Crippen molar-refractivity contribution >= 4 is 12.0 Å². The maximum Gasteiger partial charge on any atom is 0.241 e. The molecule has 0 radical (unpaired) electrons. The lowest BCUT2D eigenvalue weighted by atomic mass is 10.1. The summed E-state index contributed by atoms with van der Waals surface area (Å²) in [6.45, 7) is 1.97. The summed E-state index contributed by atoms with van der Waals surface area (Å²) in [6.07, 6.45) is 5.66. The molecule has 1 amide bonds. The number of benzene rings is 1. The van der Waals surface area contributed by atoms with Gasteiger partial charge in [-0.15, -0.1) is 0 Å². The van der Waals surface area contributed by atoms with Gasteiger partial charge in [0.25, 0.3) is 0 Å². The predicted molar refractivity (Wildman–Crippen MR) is 63.0 cm³/mol. The van der Waals surface area contributed by atoms with Gasteiger partial charge in [-0.1, -0.05) is 31.2 Å². The van der Waals surface area contributed by atoms with Crippen molar-refractivity contribution in [3.05, 3.63) is 53.4 Å². The Balaban J connectivity index is 2.87. The summed E-state index contributed by atoms with van der Waals surface area (Å²) < 4.78 is 12.7. The molecule has 2 nitrogen and oxygen atoms in total. The lowest BCUT2D eigenvalue weighted by Crippen LogP contribution is -2.05. The molecule has 0 unspecified atom stereocenters. The van der Waals surface area contributed by atoms with Crippen molar-refractivity contribution in [1.82, 2.24) is 0 Å². The predicted octanol–water partition coefficient (Wildman–Crippen LogP) is 2.66. The molecule has 0 aliphatic rings. The van der Waals surface area contributed by atoms with E-state index in [-0.39, 0.29) is 5.82 Å². The zero-order chi connectivity index (χ0) is 12.0. The standard InChI is InChI=1S/C13H14FNO/c1-2-10(5-8-13(15)16)9-11-3-6-12(14)7-4-11/h3-9H,2H2,1H3,(H2,15,16)/b8-5+,10-9+. The van der Waals surface area contributed by atoms with Crippen molar-refractivity contribution in [2.24, 2.45) is 5.73 Å². The lowest BCUT2D eigenvalue weighted by Gasteiger charge is -1.98. The van der Waals surface area contributed by atoms with Gasteiger partial charge >= 0.3 is 0 Å². The van der Waals surface area contributed by atoms with Crippen LogP contribution in [0.2, 0.25) is 0 Å². The van der Waals surface area contributed by atoms with Crippen LogP contribution in [-0.2, 0) is 4.79 Å². The number of hydrogen-bond acceptors (Lipinski definition) is 1. The van der Waals surface area contributed by atoms with Crippen LogP contribution >= 0.6 is 0 Å². The van der Waals surface area contributed by atoms with Crippen LogP contribution in [0.25, 0.3) is 6.08 Å². The van der Waals surface area contributed by atoms with Crippen LogP contribution in [0.5, 0.6) is 0 Å². The van der Waals surface area contributed by atoms with Gasteiger partial charge in [0.1, 0.15) is 5.82 Å². The summed E-state index contributed by atoms with van der Waals surface area (Å²) in [5.41, 5.74) is 6.87. The highest BCUT2D eigenvalue weighted by atomic mass is 19.1. The summed E-state index contributed by atoms with van der Waals surface area (Å²) in [5.74, 6) is -0.735. The Kier molecular flexibility index (Phi) is 4.45. The zero-order valence-corrected chi connectivity index (χ0v) is 9.11. The average molecular weight is 219 g/mol. The number of halogens is 1. The van der Waals surface area contributed by atoms with E-state index in [2.05, 4.69) is 0 Å². The topological polar surface area (TPSA) is 43.1 Å². The van der Waals surface area contributed by atoms with Crippen LogP contribution in [0.3, 0.4) is 0 Å². The molecule has 0 heterocycles. The molecule has 0 saturated heterocycles. The molecule has 1 aromatic rings. The quantitative estimate of drug-likeness (QED) is 0.614. The first-order chi connectivity index (χ1) is 7.61. The fraction of sp³-hybridized carbons (Fsp3) is 0.154. The van der Waals surface area contributed by atoms with Crippen molar-refractivity contribution in [1.29, 1.82) is 0 Å². The molecule has 84 valence electrons. The molecule has 1 rings (SSSR count). The Morgan fingerprint density at radius 3 is 2.44 bits per heavy atom. The minimum atomic E-state index is -0.474. The highest BCUT2D eigenvalue weighted by Gasteiger charge is 1.93. The number of carbonyl (C=O) groups excluding carboxylic acids is 1. The summed E-state index contributed by atoms with van der Waals surface area (Å²) >= 11 is 0. The third-order valence-corrected chi connectivity index (χ3v) is 2.09. The molecule has 0 aliphatic carbocycles. The van der Waals surface area contributed by atoms with Crippen molar-refractivity contribution in [3.63, 3.8) is 0 Å². The van der Waals surface area contributed by atoms with Gasteiger partial charge in [0.15, 0.2) is 0 Å². The molecule has 1 aromatic carbocycles. The highest BCUT2D eigenvalue weighted by Crippen LogP contribution is 2.11. The lowest BCUT2D eigenvalue weighted by molar-refractivity contribution is -0.113. The third-order valence-electron chi connectivity index (χ3n) is 2.09. The summed E-state index contributed by atoms with van der Waals surface area (Å²) in [6, 6.07) is 6.17. The van der Waals surface area contributed by atoms with Gasteiger partial charge < -0.3 is 5.73 Å². The van der Waals surface area contributed by atoms with Crippen molar-refractivity contribution < 1.29 is 9.18 Å². The van der Waals surface area contributed by atoms with E-state index in [1.807, 2.05) is 13.0 Å². The van der Waals surface area contributed by atoms with E-state index >= 15 is 0 Å². The molecule has 0 bridgehead atoms. The van der Waals surface area contributed by atoms with E-state index in [1.165, 1.54) is 18.2 Å². The Bertz CT molecular complexity index is 418. The number of primary amides is 1. The zero-order valence-electron chi connectivity index (χ0n) is 9.11. The fourth-order valence-corrected chi connectivity index (χ4v) is 1.23. The van der Waals surface area contributed by atoms with Crippen LogP contribution in [0, 0.1) is 5.82 Å².